The number of aromatic hydroxyl groups is 1. The SMILES string of the molecule is CC(C)CC[C@]1(C)C(=O)C(C2=NSc3cc(OCC(N)=O)cc(O)c3N2O)=C(O)c2ccccc21. The van der Waals surface area contributed by atoms with Gasteiger partial charge in [0.25, 0.3) is 5.91 Å². The zero-order chi connectivity index (χ0) is 25.5. The van der Waals surface area contributed by atoms with Crippen molar-refractivity contribution in [3.63, 3.8) is 0 Å². The highest BCUT2D eigenvalue weighted by Crippen LogP contribution is 2.48. The van der Waals surface area contributed by atoms with Crippen molar-refractivity contribution in [3.05, 3.63) is 53.1 Å². The highest BCUT2D eigenvalue weighted by molar-refractivity contribution is 7.98. The third-order valence-corrected chi connectivity index (χ3v) is 7.01. The van der Waals surface area contributed by atoms with Crippen LogP contribution < -0.4 is 15.5 Å². The number of phenolic OH excluding ortho intramolecular Hbond substituents is 1. The van der Waals surface area contributed by atoms with Crippen LogP contribution in [0.1, 0.15) is 44.7 Å². The Labute approximate surface area is 207 Å². The second-order valence-corrected chi connectivity index (χ2v) is 10.0. The van der Waals surface area contributed by atoms with Gasteiger partial charge in [0.15, 0.2) is 18.2 Å². The highest BCUT2D eigenvalue weighted by Gasteiger charge is 2.47. The fourth-order valence-electron chi connectivity index (χ4n) is 4.32. The van der Waals surface area contributed by atoms with E-state index in [-0.39, 0.29) is 46.7 Å². The number of phenols is 1. The number of Topliss-reactive ketones (excluding diaryl/α,β-unsaturated/α-hetero) is 1. The monoisotopic (exact) mass is 497 g/mol. The van der Waals surface area contributed by atoms with E-state index in [1.807, 2.05) is 19.1 Å². The number of aliphatic hydroxyl groups is 1. The zero-order valence-electron chi connectivity index (χ0n) is 19.6. The number of hydrogen-bond acceptors (Lipinski definition) is 9. The molecule has 1 heterocycles. The van der Waals surface area contributed by atoms with Crippen molar-refractivity contribution in [1.82, 2.24) is 0 Å². The number of amides is 1. The van der Waals surface area contributed by atoms with Crippen LogP contribution >= 0.6 is 11.9 Å². The molecular weight excluding hydrogens is 470 g/mol. The number of ether oxygens (including phenoxy) is 1. The number of carbonyl (C=O) groups excluding carboxylic acids is 2. The van der Waals surface area contributed by atoms with E-state index in [1.54, 1.807) is 12.1 Å². The minimum Gasteiger partial charge on any atom is -0.506 e. The Balaban J connectivity index is 1.78. The predicted octanol–water partition coefficient (Wildman–Crippen LogP) is 4.12. The molecule has 184 valence electrons. The van der Waals surface area contributed by atoms with Crippen LogP contribution in [0.4, 0.5) is 5.69 Å². The molecule has 0 aromatic heterocycles. The first-order valence-corrected chi connectivity index (χ1v) is 11.9. The molecule has 9 nitrogen and oxygen atoms in total. The number of carbonyl (C=O) groups is 2. The van der Waals surface area contributed by atoms with Crippen molar-refractivity contribution in [2.24, 2.45) is 16.0 Å². The van der Waals surface area contributed by atoms with Crippen molar-refractivity contribution in [1.29, 1.82) is 0 Å². The van der Waals surface area contributed by atoms with Gasteiger partial charge in [0.05, 0.1) is 10.3 Å². The molecule has 5 N–H and O–H groups in total. The average Bonchev–Trinajstić information content (AvgIpc) is 2.81. The Morgan fingerprint density at radius 3 is 2.66 bits per heavy atom. The molecule has 0 spiro atoms. The van der Waals surface area contributed by atoms with E-state index in [2.05, 4.69) is 18.2 Å². The number of hydroxylamine groups is 1. The lowest BCUT2D eigenvalue weighted by atomic mass is 9.66. The minimum atomic E-state index is -0.939. The number of rotatable bonds is 7. The van der Waals surface area contributed by atoms with Crippen molar-refractivity contribution < 1.29 is 29.7 Å². The van der Waals surface area contributed by atoms with Crippen LogP contribution in [0, 0.1) is 5.92 Å². The Hall–Kier alpha value is -3.50. The fourth-order valence-corrected chi connectivity index (χ4v) is 5.12. The van der Waals surface area contributed by atoms with E-state index < -0.39 is 11.3 Å². The Morgan fingerprint density at radius 1 is 1.26 bits per heavy atom. The molecular formula is C25H27N3O6S. The molecule has 0 saturated heterocycles. The molecule has 10 heteroatoms. The number of benzene rings is 2. The molecule has 4 rings (SSSR count). The first-order chi connectivity index (χ1) is 16.5. The van der Waals surface area contributed by atoms with Crippen molar-refractivity contribution >= 4 is 40.9 Å². The maximum absolute atomic E-state index is 13.9. The summed E-state index contributed by atoms with van der Waals surface area (Å²) in [6.45, 7) is 5.61. The van der Waals surface area contributed by atoms with E-state index in [4.69, 9.17) is 10.5 Å². The van der Waals surface area contributed by atoms with E-state index in [9.17, 15) is 25.0 Å². The predicted molar refractivity (Wildman–Crippen MR) is 133 cm³/mol. The molecule has 1 aliphatic heterocycles. The van der Waals surface area contributed by atoms with Gasteiger partial charge < -0.3 is 20.7 Å². The molecule has 35 heavy (non-hydrogen) atoms. The fraction of sp³-hybridized carbons (Fsp3) is 0.320. The molecule has 0 bridgehead atoms. The molecule has 2 aromatic rings. The van der Waals surface area contributed by atoms with Gasteiger partial charge in [-0.25, -0.2) is 0 Å². The normalized spacial score (nSPS) is 19.4. The summed E-state index contributed by atoms with van der Waals surface area (Å²) in [5.41, 5.74) is 5.23. The summed E-state index contributed by atoms with van der Waals surface area (Å²) in [5, 5.41) is 33.4. The topological polar surface area (TPSA) is 146 Å². The van der Waals surface area contributed by atoms with E-state index >= 15 is 0 Å². The van der Waals surface area contributed by atoms with Crippen LogP contribution in [0.15, 0.2) is 51.3 Å². The molecule has 2 aromatic carbocycles. The third kappa shape index (κ3) is 4.35. The van der Waals surface area contributed by atoms with E-state index in [0.29, 0.717) is 27.9 Å². The molecule has 0 unspecified atom stereocenters. The first kappa shape index (κ1) is 24.6. The van der Waals surface area contributed by atoms with Crippen LogP contribution in [0.3, 0.4) is 0 Å². The van der Waals surface area contributed by atoms with Crippen molar-refractivity contribution in [3.8, 4) is 11.5 Å². The lowest BCUT2D eigenvalue weighted by Gasteiger charge is -2.37. The van der Waals surface area contributed by atoms with E-state index in [0.717, 1.165) is 23.9 Å². The summed E-state index contributed by atoms with van der Waals surface area (Å²) in [5.74, 6) is -1.36. The number of ketones is 1. The lowest BCUT2D eigenvalue weighted by molar-refractivity contribution is -0.121. The van der Waals surface area contributed by atoms with Crippen LogP contribution in [0.25, 0.3) is 5.76 Å². The largest absolute Gasteiger partial charge is 0.506 e. The third-order valence-electron chi connectivity index (χ3n) is 6.24. The van der Waals surface area contributed by atoms with Crippen molar-refractivity contribution in [2.45, 2.75) is 43.9 Å². The molecule has 1 aliphatic carbocycles. The molecule has 0 saturated carbocycles. The van der Waals surface area contributed by atoms with Crippen LogP contribution in [0.5, 0.6) is 11.5 Å². The standard InChI is InChI=1S/C25H27N3O6S/c1-13(2)8-9-25(3)16-7-5-4-6-15(16)22(31)20(23(25)32)24-27-35-18-11-14(34-12-19(26)30)10-17(29)21(18)28(24)33/h4-7,10-11,13,29,31,33H,8-9,12H2,1-3H3,(H2,26,30)/t25-/m0/s1. The number of anilines is 1. The van der Waals surface area contributed by atoms with E-state index in [1.165, 1.54) is 12.1 Å². The highest BCUT2D eigenvalue weighted by atomic mass is 32.2. The van der Waals surface area contributed by atoms with Gasteiger partial charge in [0.2, 0.25) is 0 Å². The Kier molecular flexibility index (Phi) is 6.52. The molecule has 1 atom stereocenters. The van der Waals surface area contributed by atoms with Gasteiger partial charge in [0, 0.05) is 23.6 Å². The first-order valence-electron chi connectivity index (χ1n) is 11.1. The Bertz CT molecular complexity index is 1270. The van der Waals surface area contributed by atoms with Crippen molar-refractivity contribution in [2.75, 3.05) is 11.7 Å². The molecule has 0 radical (unpaired) electrons. The number of nitrogens with two attached hydrogens (primary N) is 1. The number of aliphatic hydroxyl groups excluding tert-OH is 1. The maximum Gasteiger partial charge on any atom is 0.255 e. The number of primary amides is 1. The molecule has 2 aliphatic rings. The van der Waals surface area contributed by atoms with Crippen LogP contribution in [0.2, 0.25) is 0 Å². The van der Waals surface area contributed by atoms with Gasteiger partial charge in [0.1, 0.15) is 28.5 Å². The van der Waals surface area contributed by atoms with Gasteiger partial charge in [-0.2, -0.15) is 9.46 Å². The minimum absolute atomic E-state index is 0.0257. The number of amidine groups is 1. The number of hydrogen-bond donors (Lipinski definition) is 4. The van der Waals surface area contributed by atoms with Crippen LogP contribution in [-0.2, 0) is 15.0 Å². The van der Waals surface area contributed by atoms with Gasteiger partial charge in [-0.3, -0.25) is 14.8 Å². The van der Waals surface area contributed by atoms with Gasteiger partial charge in [-0.1, -0.05) is 38.1 Å². The zero-order valence-corrected chi connectivity index (χ0v) is 20.4. The molecule has 1 amide bonds. The Morgan fingerprint density at radius 2 is 1.97 bits per heavy atom. The maximum atomic E-state index is 13.9. The summed E-state index contributed by atoms with van der Waals surface area (Å²) < 4.78 is 9.54. The second-order valence-electron chi connectivity index (χ2n) is 9.23. The smallest absolute Gasteiger partial charge is 0.255 e. The van der Waals surface area contributed by atoms with Gasteiger partial charge in [-0.15, -0.1) is 0 Å². The second kappa shape index (κ2) is 9.27. The van der Waals surface area contributed by atoms with Crippen LogP contribution in [-0.4, -0.2) is 39.6 Å². The lowest BCUT2D eigenvalue weighted by Crippen LogP contribution is -2.44. The van der Waals surface area contributed by atoms with Gasteiger partial charge in [-0.05, 0) is 37.3 Å². The molecule has 0 fully saturated rings. The summed E-state index contributed by atoms with van der Waals surface area (Å²) >= 11 is 0.893. The average molecular weight is 498 g/mol. The summed E-state index contributed by atoms with van der Waals surface area (Å²) in [6.07, 6.45) is 1.33. The number of fused-ring (bicyclic) bond motifs is 2. The summed E-state index contributed by atoms with van der Waals surface area (Å²) in [7, 11) is 0. The summed E-state index contributed by atoms with van der Waals surface area (Å²) in [6, 6.07) is 9.86. The quantitative estimate of drug-likeness (QED) is 0.418. The van der Waals surface area contributed by atoms with Gasteiger partial charge >= 0.3 is 0 Å². The summed E-state index contributed by atoms with van der Waals surface area (Å²) in [4.78, 5) is 25.2. The number of nitrogens with zero attached hydrogens (tertiary/aromatic N) is 2.